The molecule has 5 heteroatoms. The van der Waals surface area contributed by atoms with Crippen LogP contribution in [-0.2, 0) is 0 Å². The van der Waals surface area contributed by atoms with Crippen LogP contribution in [0.4, 0.5) is 5.69 Å². The molecule has 1 N–H and O–H groups in total. The Morgan fingerprint density at radius 2 is 1.95 bits per heavy atom. The van der Waals surface area contributed by atoms with Crippen molar-refractivity contribution in [1.82, 2.24) is 0 Å². The van der Waals surface area contributed by atoms with Gasteiger partial charge in [0.05, 0.1) is 5.69 Å². The molecule has 1 aliphatic heterocycles. The minimum Gasteiger partial charge on any atom is -0.507 e. The van der Waals surface area contributed by atoms with Crippen molar-refractivity contribution in [2.45, 2.75) is 0 Å². The molecule has 0 saturated heterocycles. The molecular formula is C14H10ClNO3. The fourth-order valence-corrected chi connectivity index (χ4v) is 1.92. The first-order valence-electron chi connectivity index (χ1n) is 5.64. The Labute approximate surface area is 114 Å². The van der Waals surface area contributed by atoms with E-state index in [-0.39, 0.29) is 12.5 Å². The van der Waals surface area contributed by atoms with Gasteiger partial charge in [-0.25, -0.2) is 0 Å². The molecule has 2 aromatic carbocycles. The fraction of sp³-hybridized carbons (Fsp3) is 0.0714. The lowest BCUT2D eigenvalue weighted by Gasteiger charge is -2.00. The largest absolute Gasteiger partial charge is 0.507 e. The van der Waals surface area contributed by atoms with Gasteiger partial charge in [-0.15, -0.1) is 0 Å². The monoisotopic (exact) mass is 275 g/mol. The van der Waals surface area contributed by atoms with Gasteiger partial charge in [-0.05, 0) is 30.3 Å². The quantitative estimate of drug-likeness (QED) is 0.853. The number of halogens is 1. The summed E-state index contributed by atoms with van der Waals surface area (Å²) in [5.74, 6) is 1.52. The van der Waals surface area contributed by atoms with Gasteiger partial charge in [-0.2, -0.15) is 0 Å². The Kier molecular flexibility index (Phi) is 3.01. The molecule has 0 aliphatic carbocycles. The summed E-state index contributed by atoms with van der Waals surface area (Å²) < 4.78 is 10.5. The molecule has 0 atom stereocenters. The highest BCUT2D eigenvalue weighted by Crippen LogP contribution is 2.35. The van der Waals surface area contributed by atoms with E-state index in [0.717, 1.165) is 0 Å². The summed E-state index contributed by atoms with van der Waals surface area (Å²) in [5, 5.41) is 10.2. The van der Waals surface area contributed by atoms with Gasteiger partial charge in [0.15, 0.2) is 11.5 Å². The van der Waals surface area contributed by atoms with E-state index in [9.17, 15) is 5.11 Å². The van der Waals surface area contributed by atoms with E-state index in [0.29, 0.717) is 27.8 Å². The van der Waals surface area contributed by atoms with Crippen molar-refractivity contribution in [3.63, 3.8) is 0 Å². The van der Waals surface area contributed by atoms with Gasteiger partial charge >= 0.3 is 0 Å². The van der Waals surface area contributed by atoms with E-state index < -0.39 is 0 Å². The lowest BCUT2D eigenvalue weighted by molar-refractivity contribution is 0.174. The Bertz CT molecular complexity index is 655. The highest BCUT2D eigenvalue weighted by atomic mass is 35.5. The molecule has 4 nitrogen and oxygen atoms in total. The lowest BCUT2D eigenvalue weighted by Crippen LogP contribution is -1.92. The predicted octanol–water partition coefficient (Wildman–Crippen LogP) is 3.52. The van der Waals surface area contributed by atoms with Crippen LogP contribution >= 0.6 is 11.6 Å². The van der Waals surface area contributed by atoms with Crippen LogP contribution in [0, 0.1) is 0 Å². The van der Waals surface area contributed by atoms with Crippen LogP contribution in [0.5, 0.6) is 17.2 Å². The third-order valence-corrected chi connectivity index (χ3v) is 2.93. The highest BCUT2D eigenvalue weighted by molar-refractivity contribution is 6.30. The van der Waals surface area contributed by atoms with E-state index in [4.69, 9.17) is 21.1 Å². The normalized spacial score (nSPS) is 13.1. The third kappa shape index (κ3) is 2.48. The summed E-state index contributed by atoms with van der Waals surface area (Å²) in [6.45, 7) is 0.234. The van der Waals surface area contributed by atoms with Crippen LogP contribution in [0.3, 0.4) is 0 Å². The number of hydrogen-bond donors (Lipinski definition) is 1. The number of rotatable bonds is 2. The zero-order valence-corrected chi connectivity index (χ0v) is 10.6. The summed E-state index contributed by atoms with van der Waals surface area (Å²) in [7, 11) is 0. The molecule has 96 valence electrons. The van der Waals surface area contributed by atoms with E-state index in [1.54, 1.807) is 30.5 Å². The molecule has 1 aliphatic rings. The van der Waals surface area contributed by atoms with Gasteiger partial charge in [0.2, 0.25) is 6.79 Å². The standard InChI is InChI=1S/C14H10ClNO3/c15-10-1-3-12(17)9(5-10)7-16-11-2-4-13-14(6-11)19-8-18-13/h1-7,17H,8H2. The molecule has 0 fully saturated rings. The number of aromatic hydroxyl groups is 1. The summed E-state index contributed by atoms with van der Waals surface area (Å²) in [6.07, 6.45) is 1.55. The van der Waals surface area contributed by atoms with Crippen molar-refractivity contribution in [3.8, 4) is 17.2 Å². The lowest BCUT2D eigenvalue weighted by atomic mass is 10.2. The molecule has 0 amide bonds. The smallest absolute Gasteiger partial charge is 0.231 e. The molecule has 0 unspecified atom stereocenters. The molecule has 2 aromatic rings. The van der Waals surface area contributed by atoms with E-state index in [2.05, 4.69) is 4.99 Å². The molecule has 1 heterocycles. The first-order valence-corrected chi connectivity index (χ1v) is 6.02. The Morgan fingerprint density at radius 3 is 2.84 bits per heavy atom. The number of fused-ring (bicyclic) bond motifs is 1. The average molecular weight is 276 g/mol. The second-order valence-electron chi connectivity index (χ2n) is 4.00. The third-order valence-electron chi connectivity index (χ3n) is 2.70. The van der Waals surface area contributed by atoms with Crippen molar-refractivity contribution in [2.24, 2.45) is 4.99 Å². The van der Waals surface area contributed by atoms with Gasteiger partial charge < -0.3 is 14.6 Å². The molecule has 19 heavy (non-hydrogen) atoms. The van der Waals surface area contributed by atoms with E-state index in [1.165, 1.54) is 6.07 Å². The van der Waals surface area contributed by atoms with Crippen molar-refractivity contribution in [1.29, 1.82) is 0 Å². The molecular weight excluding hydrogens is 266 g/mol. The predicted molar refractivity (Wildman–Crippen MR) is 72.9 cm³/mol. The van der Waals surface area contributed by atoms with Crippen molar-refractivity contribution in [2.75, 3.05) is 6.79 Å². The first-order chi connectivity index (χ1) is 9.22. The van der Waals surface area contributed by atoms with Gasteiger partial charge in [-0.3, -0.25) is 4.99 Å². The number of phenols is 1. The van der Waals surface area contributed by atoms with Gasteiger partial charge in [0.1, 0.15) is 5.75 Å². The fourth-order valence-electron chi connectivity index (χ4n) is 1.74. The molecule has 0 radical (unpaired) electrons. The number of nitrogens with zero attached hydrogens (tertiary/aromatic N) is 1. The molecule has 0 bridgehead atoms. The Hall–Kier alpha value is -2.20. The molecule has 0 saturated carbocycles. The highest BCUT2D eigenvalue weighted by Gasteiger charge is 2.12. The Balaban J connectivity index is 1.88. The number of benzene rings is 2. The van der Waals surface area contributed by atoms with Gasteiger partial charge in [0, 0.05) is 22.9 Å². The maximum Gasteiger partial charge on any atom is 0.231 e. The van der Waals surface area contributed by atoms with E-state index in [1.807, 2.05) is 6.07 Å². The minimum atomic E-state index is 0.133. The van der Waals surface area contributed by atoms with E-state index >= 15 is 0 Å². The molecule has 0 spiro atoms. The number of phenolic OH excluding ortho intramolecular Hbond substituents is 1. The average Bonchev–Trinajstić information content (AvgIpc) is 2.87. The maximum atomic E-state index is 9.67. The van der Waals surface area contributed by atoms with Crippen LogP contribution in [-0.4, -0.2) is 18.1 Å². The van der Waals surface area contributed by atoms with Crippen LogP contribution in [0.2, 0.25) is 5.02 Å². The van der Waals surface area contributed by atoms with Crippen molar-refractivity contribution in [3.05, 3.63) is 47.0 Å². The van der Waals surface area contributed by atoms with Crippen LogP contribution < -0.4 is 9.47 Å². The Morgan fingerprint density at radius 1 is 1.11 bits per heavy atom. The zero-order valence-electron chi connectivity index (χ0n) is 9.84. The van der Waals surface area contributed by atoms with Crippen LogP contribution in [0.15, 0.2) is 41.4 Å². The van der Waals surface area contributed by atoms with Gasteiger partial charge in [0.25, 0.3) is 0 Å². The summed E-state index contributed by atoms with van der Waals surface area (Å²) in [4.78, 5) is 4.28. The maximum absolute atomic E-state index is 9.67. The molecule has 0 aromatic heterocycles. The minimum absolute atomic E-state index is 0.133. The first kappa shape index (κ1) is 11.9. The second-order valence-corrected chi connectivity index (χ2v) is 4.44. The summed E-state index contributed by atoms with van der Waals surface area (Å²) in [6, 6.07) is 10.2. The summed E-state index contributed by atoms with van der Waals surface area (Å²) in [5.41, 5.74) is 1.27. The van der Waals surface area contributed by atoms with Crippen molar-refractivity contribution < 1.29 is 14.6 Å². The summed E-state index contributed by atoms with van der Waals surface area (Å²) >= 11 is 5.87. The number of aliphatic imine (C=N–C) groups is 1. The number of hydrogen-bond acceptors (Lipinski definition) is 4. The topological polar surface area (TPSA) is 51.1 Å². The van der Waals surface area contributed by atoms with Crippen LogP contribution in [0.25, 0.3) is 0 Å². The molecule has 3 rings (SSSR count). The SMILES string of the molecule is Oc1ccc(Cl)cc1C=Nc1ccc2c(c1)OCO2. The van der Waals surface area contributed by atoms with Gasteiger partial charge in [-0.1, -0.05) is 11.6 Å². The zero-order chi connectivity index (χ0) is 13.2. The van der Waals surface area contributed by atoms with Crippen molar-refractivity contribution >= 4 is 23.5 Å². The second kappa shape index (κ2) is 4.82. The van der Waals surface area contributed by atoms with Crippen LogP contribution in [0.1, 0.15) is 5.56 Å². The number of ether oxygens (including phenoxy) is 2.